The molecule has 55 heavy (non-hydrogen) atoms. The quantitative estimate of drug-likeness (QED) is 0.122. The first-order valence-corrected chi connectivity index (χ1v) is 19.2. The van der Waals surface area contributed by atoms with Gasteiger partial charge >= 0.3 is 0 Å². The van der Waals surface area contributed by atoms with Gasteiger partial charge in [0.1, 0.15) is 35.1 Å². The number of hydrogen-bond donors (Lipinski definition) is 3. The van der Waals surface area contributed by atoms with Crippen molar-refractivity contribution in [2.45, 2.75) is 74.6 Å². The summed E-state index contributed by atoms with van der Waals surface area (Å²) in [6.07, 6.45) is 0.126. The average Bonchev–Trinajstić information content (AvgIpc) is 3.46. The Kier molecular flexibility index (Phi) is 9.18. The van der Waals surface area contributed by atoms with Crippen LogP contribution in [-0.2, 0) is 33.7 Å². The molecule has 5 aromatic rings. The first-order valence-electron chi connectivity index (χ1n) is 17.3. The van der Waals surface area contributed by atoms with E-state index in [1.54, 1.807) is 6.07 Å². The van der Waals surface area contributed by atoms with Crippen molar-refractivity contribution in [1.82, 2.24) is 35.0 Å². The van der Waals surface area contributed by atoms with Crippen LogP contribution in [-0.4, -0.2) is 50.4 Å². The molecule has 0 bridgehead atoms. The summed E-state index contributed by atoms with van der Waals surface area (Å²) in [5.41, 5.74) is -0.746. The predicted octanol–water partition coefficient (Wildman–Crippen LogP) is 7.00. The molecule has 2 amide bonds. The van der Waals surface area contributed by atoms with E-state index >= 15 is 8.78 Å². The molecule has 3 aliphatic rings. The van der Waals surface area contributed by atoms with Gasteiger partial charge in [-0.15, -0.1) is 0 Å². The third-order valence-corrected chi connectivity index (χ3v) is 12.6. The molecule has 2 saturated carbocycles. The van der Waals surface area contributed by atoms with Crippen molar-refractivity contribution in [1.29, 1.82) is 0 Å². The standard InChI is InChI=1S/C36H30ClF6N7O4S/c37-25-6-5-17(10-23(25)35(52)49-55(53,54)20-3-1-2-4-20)21-13-26-28(14-44-47-26)46-31(21)27(9-16-7-18(38)11-19(39)8-16)45-29(51)15-50-33-30(32(48-50)34(40)41)22-12-24(22)36(33,42)43/h5-8,10-11,13-14,20,22,24,27,34H,1-4,9,12,15H2,(H,44,47)(H,45,51)(H,49,52)/t22-,24+,27?/m0/s1. The Morgan fingerprint density at radius 2 is 1.76 bits per heavy atom. The van der Waals surface area contributed by atoms with Gasteiger partial charge in [0.15, 0.2) is 0 Å². The van der Waals surface area contributed by atoms with Gasteiger partial charge in [0, 0.05) is 23.1 Å². The third-order valence-electron chi connectivity index (χ3n) is 10.4. The van der Waals surface area contributed by atoms with Crippen molar-refractivity contribution in [3.05, 3.63) is 99.1 Å². The molecule has 0 spiro atoms. The van der Waals surface area contributed by atoms with Crippen LogP contribution in [0.3, 0.4) is 0 Å². The van der Waals surface area contributed by atoms with E-state index in [2.05, 4.69) is 30.3 Å². The SMILES string of the molecule is O=C(Cn1nc(C(F)F)c2c1C(F)(F)[C@@H]1C[C@H]21)NC(Cc1cc(F)cc(F)c1)c1nc2cn[nH]c2cc1-c1ccc(Cl)c(C(=O)NS(=O)(=O)C2CCCC2)c1. The summed E-state index contributed by atoms with van der Waals surface area (Å²) in [4.78, 5) is 31.8. The maximum Gasteiger partial charge on any atom is 0.293 e. The predicted molar refractivity (Wildman–Crippen MR) is 186 cm³/mol. The fourth-order valence-corrected chi connectivity index (χ4v) is 9.55. The minimum atomic E-state index is -4.03. The van der Waals surface area contributed by atoms with Gasteiger partial charge in [-0.2, -0.15) is 19.0 Å². The molecule has 3 N–H and O–H groups in total. The van der Waals surface area contributed by atoms with Gasteiger partial charge in [0.2, 0.25) is 15.9 Å². The monoisotopic (exact) mass is 805 g/mol. The second-order valence-electron chi connectivity index (χ2n) is 14.1. The smallest absolute Gasteiger partial charge is 0.293 e. The highest BCUT2D eigenvalue weighted by molar-refractivity contribution is 7.90. The summed E-state index contributed by atoms with van der Waals surface area (Å²) in [7, 11) is -4.03. The number of nitrogens with zero attached hydrogens (tertiary/aromatic N) is 4. The first-order chi connectivity index (χ1) is 26.1. The van der Waals surface area contributed by atoms with Crippen molar-refractivity contribution >= 4 is 44.5 Å². The highest BCUT2D eigenvalue weighted by Crippen LogP contribution is 2.68. The number of benzene rings is 2. The van der Waals surface area contributed by atoms with E-state index in [4.69, 9.17) is 11.6 Å². The van der Waals surface area contributed by atoms with E-state index in [-0.39, 0.29) is 56.9 Å². The van der Waals surface area contributed by atoms with Crippen LogP contribution in [0, 0.1) is 17.6 Å². The van der Waals surface area contributed by atoms with Gasteiger partial charge in [0.25, 0.3) is 18.3 Å². The number of fused-ring (bicyclic) bond motifs is 4. The number of hydrogen-bond acceptors (Lipinski definition) is 7. The zero-order valence-corrected chi connectivity index (χ0v) is 30.0. The van der Waals surface area contributed by atoms with Crippen LogP contribution < -0.4 is 10.0 Å². The van der Waals surface area contributed by atoms with Gasteiger partial charge in [-0.3, -0.25) is 19.4 Å². The minimum Gasteiger partial charge on any atom is -0.346 e. The number of halogens is 7. The molecule has 2 aromatic carbocycles. The molecule has 1 unspecified atom stereocenters. The van der Waals surface area contributed by atoms with Crippen LogP contribution in [0.2, 0.25) is 5.02 Å². The van der Waals surface area contributed by atoms with Gasteiger partial charge in [0.05, 0.1) is 39.3 Å². The molecule has 8 rings (SSSR count). The maximum atomic E-state index is 15.3. The number of carbonyl (C=O) groups is 2. The molecule has 288 valence electrons. The van der Waals surface area contributed by atoms with E-state index in [1.807, 2.05) is 0 Å². The third kappa shape index (κ3) is 6.83. The number of amides is 2. The lowest BCUT2D eigenvalue weighted by atomic mass is 9.94. The largest absolute Gasteiger partial charge is 0.346 e. The number of sulfonamides is 1. The Bertz CT molecular complexity index is 2470. The molecule has 0 radical (unpaired) electrons. The molecule has 3 atom stereocenters. The zero-order chi connectivity index (χ0) is 39.0. The minimum absolute atomic E-state index is 0.0270. The van der Waals surface area contributed by atoms with Crippen LogP contribution in [0.15, 0.2) is 48.7 Å². The summed E-state index contributed by atoms with van der Waals surface area (Å²) in [5, 5.41) is 12.3. The number of pyridine rings is 1. The number of aromatic amines is 1. The highest BCUT2D eigenvalue weighted by atomic mass is 35.5. The fourth-order valence-electron chi connectivity index (χ4n) is 7.86. The first kappa shape index (κ1) is 37.0. The van der Waals surface area contributed by atoms with E-state index in [0.717, 1.165) is 12.1 Å². The number of carbonyl (C=O) groups excluding carboxylic acids is 2. The van der Waals surface area contributed by atoms with E-state index in [0.29, 0.717) is 41.9 Å². The molecule has 3 heterocycles. The molecule has 3 aliphatic carbocycles. The van der Waals surface area contributed by atoms with Crippen molar-refractivity contribution in [2.75, 3.05) is 0 Å². The van der Waals surface area contributed by atoms with Gasteiger partial charge in [-0.1, -0.05) is 30.5 Å². The lowest BCUT2D eigenvalue weighted by Crippen LogP contribution is -2.37. The molecule has 3 aromatic heterocycles. The van der Waals surface area contributed by atoms with Crippen LogP contribution in [0.1, 0.15) is 89.1 Å². The van der Waals surface area contributed by atoms with Crippen molar-refractivity contribution in [2.24, 2.45) is 5.92 Å². The molecular formula is C36H30ClF6N7O4S. The Morgan fingerprint density at radius 1 is 1.04 bits per heavy atom. The Balaban J connectivity index is 1.18. The zero-order valence-electron chi connectivity index (χ0n) is 28.4. The van der Waals surface area contributed by atoms with E-state index in [9.17, 15) is 35.6 Å². The maximum absolute atomic E-state index is 15.3. The lowest BCUT2D eigenvalue weighted by molar-refractivity contribution is -0.123. The number of aromatic nitrogens is 5. The Hall–Kier alpha value is -4.97. The Morgan fingerprint density at radius 3 is 2.47 bits per heavy atom. The van der Waals surface area contributed by atoms with Crippen LogP contribution in [0.4, 0.5) is 26.3 Å². The summed E-state index contributed by atoms with van der Waals surface area (Å²) >= 11 is 6.40. The van der Waals surface area contributed by atoms with E-state index < -0.39 is 86.9 Å². The number of rotatable bonds is 11. The summed E-state index contributed by atoms with van der Waals surface area (Å²) in [5.74, 6) is -9.24. The molecule has 2 fully saturated rings. The number of nitrogens with one attached hydrogen (secondary N) is 3. The normalized spacial score (nSPS) is 19.4. The summed E-state index contributed by atoms with van der Waals surface area (Å²) in [6, 6.07) is 7.16. The van der Waals surface area contributed by atoms with Gasteiger partial charge in [-0.05, 0) is 73.1 Å². The van der Waals surface area contributed by atoms with Crippen LogP contribution in [0.25, 0.3) is 22.2 Å². The highest BCUT2D eigenvalue weighted by Gasteiger charge is 2.67. The summed E-state index contributed by atoms with van der Waals surface area (Å²) in [6.45, 7) is -0.901. The van der Waals surface area contributed by atoms with Crippen molar-refractivity contribution in [3.8, 4) is 11.1 Å². The second kappa shape index (κ2) is 13.6. The van der Waals surface area contributed by atoms with E-state index in [1.165, 1.54) is 24.4 Å². The second-order valence-corrected chi connectivity index (χ2v) is 16.4. The number of H-pyrrole nitrogens is 1. The van der Waals surface area contributed by atoms with Crippen molar-refractivity contribution < 1.29 is 44.3 Å². The average molecular weight is 806 g/mol. The molecule has 11 nitrogen and oxygen atoms in total. The van der Waals surface area contributed by atoms with Crippen molar-refractivity contribution in [3.63, 3.8) is 0 Å². The molecule has 0 aliphatic heterocycles. The van der Waals surface area contributed by atoms with Crippen LogP contribution >= 0.6 is 11.6 Å². The lowest BCUT2D eigenvalue weighted by Gasteiger charge is -2.23. The van der Waals surface area contributed by atoms with Gasteiger partial charge in [-0.25, -0.2) is 35.7 Å². The summed E-state index contributed by atoms with van der Waals surface area (Å²) < 4.78 is 116. The van der Waals surface area contributed by atoms with Crippen LogP contribution in [0.5, 0.6) is 0 Å². The molecular weight excluding hydrogens is 776 g/mol. The Labute approximate surface area is 313 Å². The number of alkyl halides is 4. The fraction of sp³-hybridized carbons (Fsp3) is 0.361. The molecule has 0 saturated heterocycles. The topological polar surface area (TPSA) is 152 Å². The molecule has 19 heteroatoms. The van der Waals surface area contributed by atoms with Gasteiger partial charge < -0.3 is 5.32 Å².